The maximum absolute atomic E-state index is 3.28. The normalized spacial score (nSPS) is 13.7. The summed E-state index contributed by atoms with van der Waals surface area (Å²) in [5.74, 6) is 0. The van der Waals surface area contributed by atoms with Crippen LogP contribution in [0.4, 0.5) is 0 Å². The highest BCUT2D eigenvalue weighted by Crippen LogP contribution is 2.17. The van der Waals surface area contributed by atoms with Crippen LogP contribution in [0.1, 0.15) is 19.3 Å². The molecule has 0 saturated carbocycles. The first-order valence-electron chi connectivity index (χ1n) is 6.78. The minimum absolute atomic E-state index is 0. The van der Waals surface area contributed by atoms with Crippen molar-refractivity contribution in [1.29, 1.82) is 0 Å². The number of hydrogen-bond acceptors (Lipinski definition) is 1. The molecule has 3 N–H and O–H groups in total. The van der Waals surface area contributed by atoms with E-state index in [1.807, 2.05) is 12.1 Å². The quantitative estimate of drug-likeness (QED) is 0.837. The van der Waals surface area contributed by atoms with E-state index >= 15 is 0 Å². The Hall–Kier alpha value is -1.64. The zero-order chi connectivity index (χ0) is 12.5. The van der Waals surface area contributed by atoms with Gasteiger partial charge in [-0.2, -0.15) is 0 Å². The third kappa shape index (κ3) is 5.69. The molecule has 19 heavy (non-hydrogen) atoms. The standard InChI is InChI=1S/C12H10.C5H11N.H2O/c1-3-7-11(8-4-1)12-9-5-2-6-10-12;1-2-4-6-5-3-1;/h1-10H;6H,1-5H2;1H2. The summed E-state index contributed by atoms with van der Waals surface area (Å²) in [6.45, 7) is 2.50. The fourth-order valence-corrected chi connectivity index (χ4v) is 2.06. The highest BCUT2D eigenvalue weighted by molar-refractivity contribution is 5.62. The average Bonchev–Trinajstić information content (AvgIpc) is 2.51. The third-order valence-electron chi connectivity index (χ3n) is 3.09. The van der Waals surface area contributed by atoms with Crippen molar-refractivity contribution in [2.75, 3.05) is 13.1 Å². The second-order valence-electron chi connectivity index (χ2n) is 4.54. The molecule has 1 fully saturated rings. The van der Waals surface area contributed by atoms with E-state index in [0.717, 1.165) is 0 Å². The molecule has 0 unspecified atom stereocenters. The predicted octanol–water partition coefficient (Wildman–Crippen LogP) is 3.29. The lowest BCUT2D eigenvalue weighted by atomic mass is 10.1. The van der Waals surface area contributed by atoms with Gasteiger partial charge in [-0.1, -0.05) is 67.1 Å². The van der Waals surface area contributed by atoms with Crippen LogP contribution in [0.3, 0.4) is 0 Å². The van der Waals surface area contributed by atoms with Crippen LogP contribution in [0.5, 0.6) is 0 Å². The van der Waals surface area contributed by atoms with Crippen molar-refractivity contribution in [2.24, 2.45) is 0 Å². The van der Waals surface area contributed by atoms with Crippen molar-refractivity contribution < 1.29 is 5.48 Å². The maximum Gasteiger partial charge on any atom is -0.00489 e. The molecule has 2 heteroatoms. The molecule has 0 amide bonds. The summed E-state index contributed by atoms with van der Waals surface area (Å²) >= 11 is 0. The van der Waals surface area contributed by atoms with Gasteiger partial charge in [-0.05, 0) is 37.1 Å². The fourth-order valence-electron chi connectivity index (χ4n) is 2.06. The van der Waals surface area contributed by atoms with E-state index in [9.17, 15) is 0 Å². The van der Waals surface area contributed by atoms with Gasteiger partial charge in [0.25, 0.3) is 0 Å². The van der Waals surface area contributed by atoms with Crippen molar-refractivity contribution in [3.63, 3.8) is 0 Å². The molecule has 0 spiro atoms. The largest absolute Gasteiger partial charge is 0.412 e. The molecule has 0 radical (unpaired) electrons. The van der Waals surface area contributed by atoms with Crippen LogP contribution in [-0.2, 0) is 0 Å². The lowest BCUT2D eigenvalue weighted by Gasteiger charge is -2.08. The zero-order valence-electron chi connectivity index (χ0n) is 11.3. The summed E-state index contributed by atoms with van der Waals surface area (Å²) in [6.07, 6.45) is 4.22. The van der Waals surface area contributed by atoms with Crippen LogP contribution in [0, 0.1) is 0 Å². The van der Waals surface area contributed by atoms with Gasteiger partial charge in [0, 0.05) is 0 Å². The summed E-state index contributed by atoms with van der Waals surface area (Å²) in [5.41, 5.74) is 2.55. The second kappa shape index (κ2) is 9.31. The van der Waals surface area contributed by atoms with Crippen LogP contribution in [-0.4, -0.2) is 18.6 Å². The number of rotatable bonds is 1. The number of benzene rings is 2. The van der Waals surface area contributed by atoms with Gasteiger partial charge in [0.2, 0.25) is 0 Å². The van der Waals surface area contributed by atoms with Gasteiger partial charge in [0.15, 0.2) is 0 Å². The molecule has 3 rings (SSSR count). The van der Waals surface area contributed by atoms with Gasteiger partial charge in [0.1, 0.15) is 0 Å². The van der Waals surface area contributed by atoms with Crippen molar-refractivity contribution in [3.8, 4) is 11.1 Å². The molecule has 1 aliphatic rings. The number of piperidine rings is 1. The molecule has 2 aromatic carbocycles. The van der Waals surface area contributed by atoms with E-state index in [1.54, 1.807) is 0 Å². The Morgan fingerprint density at radius 1 is 0.579 bits per heavy atom. The Labute approximate surface area is 115 Å². The summed E-state index contributed by atoms with van der Waals surface area (Å²) < 4.78 is 0. The molecule has 1 heterocycles. The van der Waals surface area contributed by atoms with Gasteiger partial charge >= 0.3 is 0 Å². The minimum atomic E-state index is 0. The van der Waals surface area contributed by atoms with Crippen LogP contribution in [0.15, 0.2) is 60.7 Å². The van der Waals surface area contributed by atoms with E-state index in [-0.39, 0.29) is 5.48 Å². The van der Waals surface area contributed by atoms with Crippen molar-refractivity contribution in [1.82, 2.24) is 5.32 Å². The Kier molecular flexibility index (Phi) is 7.56. The first-order chi connectivity index (χ1) is 8.97. The average molecular weight is 257 g/mol. The highest BCUT2D eigenvalue weighted by Gasteiger charge is 1.93. The lowest BCUT2D eigenvalue weighted by Crippen LogP contribution is -2.21. The molecular formula is C17H23NO. The SMILES string of the molecule is C1CCNCC1.O.c1ccc(-c2ccccc2)cc1. The number of nitrogens with one attached hydrogen (secondary N) is 1. The van der Waals surface area contributed by atoms with Gasteiger partial charge in [-0.25, -0.2) is 0 Å². The number of hydrogen-bond donors (Lipinski definition) is 1. The molecule has 2 nitrogen and oxygen atoms in total. The Bertz CT molecular complexity index is 375. The van der Waals surface area contributed by atoms with Gasteiger partial charge in [-0.3, -0.25) is 0 Å². The summed E-state index contributed by atoms with van der Waals surface area (Å²) in [4.78, 5) is 0. The van der Waals surface area contributed by atoms with Gasteiger partial charge in [0.05, 0.1) is 0 Å². The van der Waals surface area contributed by atoms with E-state index in [4.69, 9.17) is 0 Å². The Morgan fingerprint density at radius 2 is 1.00 bits per heavy atom. The smallest absolute Gasteiger partial charge is 0.00489 e. The lowest BCUT2D eigenvalue weighted by molar-refractivity contribution is 0.520. The summed E-state index contributed by atoms with van der Waals surface area (Å²) in [6, 6.07) is 20.8. The first-order valence-corrected chi connectivity index (χ1v) is 6.78. The zero-order valence-corrected chi connectivity index (χ0v) is 11.3. The van der Waals surface area contributed by atoms with Gasteiger partial charge < -0.3 is 10.8 Å². The van der Waals surface area contributed by atoms with E-state index in [1.165, 1.54) is 43.5 Å². The second-order valence-corrected chi connectivity index (χ2v) is 4.54. The topological polar surface area (TPSA) is 43.5 Å². The van der Waals surface area contributed by atoms with E-state index in [0.29, 0.717) is 0 Å². The van der Waals surface area contributed by atoms with Crippen molar-refractivity contribution >= 4 is 0 Å². The highest BCUT2D eigenvalue weighted by atomic mass is 16.0. The molecule has 2 aromatic rings. The first kappa shape index (κ1) is 15.4. The third-order valence-corrected chi connectivity index (χ3v) is 3.09. The van der Waals surface area contributed by atoms with Crippen LogP contribution in [0.25, 0.3) is 11.1 Å². The Morgan fingerprint density at radius 3 is 1.26 bits per heavy atom. The van der Waals surface area contributed by atoms with E-state index < -0.39 is 0 Å². The van der Waals surface area contributed by atoms with Crippen molar-refractivity contribution in [3.05, 3.63) is 60.7 Å². The molecule has 0 atom stereocenters. The Balaban J connectivity index is 0.000000220. The van der Waals surface area contributed by atoms with Gasteiger partial charge in [-0.15, -0.1) is 0 Å². The summed E-state index contributed by atoms with van der Waals surface area (Å²) in [5, 5.41) is 3.28. The minimum Gasteiger partial charge on any atom is -0.412 e. The van der Waals surface area contributed by atoms with Crippen molar-refractivity contribution in [2.45, 2.75) is 19.3 Å². The van der Waals surface area contributed by atoms with Crippen LogP contribution >= 0.6 is 0 Å². The molecule has 0 bridgehead atoms. The van der Waals surface area contributed by atoms with Crippen LogP contribution in [0.2, 0.25) is 0 Å². The molecule has 0 aliphatic carbocycles. The van der Waals surface area contributed by atoms with Crippen LogP contribution < -0.4 is 5.32 Å². The molecule has 102 valence electrons. The maximum atomic E-state index is 3.28. The van der Waals surface area contributed by atoms with E-state index in [2.05, 4.69) is 53.8 Å². The summed E-state index contributed by atoms with van der Waals surface area (Å²) in [7, 11) is 0. The monoisotopic (exact) mass is 257 g/mol. The fraction of sp³-hybridized carbons (Fsp3) is 0.294. The molecule has 0 aromatic heterocycles. The predicted molar refractivity (Wildman–Crippen MR) is 82.2 cm³/mol. The molecule has 1 saturated heterocycles. The molecule has 1 aliphatic heterocycles. The molecular weight excluding hydrogens is 234 g/mol.